The maximum atomic E-state index is 11.4. The SMILES string of the molecule is CC(=O)c1cc(Cl)nc(N2CCC(N)CC2)c1. The fourth-order valence-corrected chi connectivity index (χ4v) is 2.18. The number of hydrogen-bond donors (Lipinski definition) is 1. The molecule has 1 saturated heterocycles. The lowest BCUT2D eigenvalue weighted by atomic mass is 10.1. The highest BCUT2D eigenvalue weighted by Crippen LogP contribution is 2.21. The Balaban J connectivity index is 2.23. The first kappa shape index (κ1) is 12.3. The second-order valence-corrected chi connectivity index (χ2v) is 4.80. The van der Waals surface area contributed by atoms with Crippen molar-refractivity contribution < 1.29 is 4.79 Å². The maximum absolute atomic E-state index is 11.4. The van der Waals surface area contributed by atoms with Crippen LogP contribution in [-0.4, -0.2) is 29.9 Å². The molecule has 2 heterocycles. The molecule has 0 unspecified atom stereocenters. The van der Waals surface area contributed by atoms with E-state index in [9.17, 15) is 4.79 Å². The van der Waals surface area contributed by atoms with Gasteiger partial charge in [-0.05, 0) is 31.9 Å². The Hall–Kier alpha value is -1.13. The average Bonchev–Trinajstić information content (AvgIpc) is 2.29. The molecule has 2 rings (SSSR count). The molecule has 1 aliphatic heterocycles. The Labute approximate surface area is 106 Å². The molecule has 4 nitrogen and oxygen atoms in total. The van der Waals surface area contributed by atoms with Crippen molar-refractivity contribution in [3.05, 3.63) is 22.8 Å². The zero-order valence-corrected chi connectivity index (χ0v) is 10.6. The topological polar surface area (TPSA) is 59.2 Å². The number of pyridine rings is 1. The molecule has 0 aromatic carbocycles. The smallest absolute Gasteiger partial charge is 0.160 e. The van der Waals surface area contributed by atoms with E-state index < -0.39 is 0 Å². The third-order valence-electron chi connectivity index (χ3n) is 3.05. The third kappa shape index (κ3) is 2.96. The highest BCUT2D eigenvalue weighted by Gasteiger charge is 2.18. The molecule has 0 atom stereocenters. The second kappa shape index (κ2) is 5.02. The van der Waals surface area contributed by atoms with Crippen molar-refractivity contribution in [3.8, 4) is 0 Å². The number of aromatic nitrogens is 1. The number of halogens is 1. The number of nitrogens with zero attached hydrogens (tertiary/aromatic N) is 2. The Morgan fingerprint density at radius 2 is 2.12 bits per heavy atom. The largest absolute Gasteiger partial charge is 0.356 e. The van der Waals surface area contributed by atoms with E-state index >= 15 is 0 Å². The molecule has 17 heavy (non-hydrogen) atoms. The number of ketones is 1. The van der Waals surface area contributed by atoms with Crippen molar-refractivity contribution in [1.82, 2.24) is 4.98 Å². The van der Waals surface area contributed by atoms with Crippen LogP contribution < -0.4 is 10.6 Å². The number of piperidine rings is 1. The average molecular weight is 254 g/mol. The molecule has 1 aliphatic rings. The third-order valence-corrected chi connectivity index (χ3v) is 3.24. The van der Waals surface area contributed by atoms with Gasteiger partial charge in [0.05, 0.1) is 0 Å². The van der Waals surface area contributed by atoms with Crippen LogP contribution in [-0.2, 0) is 0 Å². The molecule has 0 bridgehead atoms. The van der Waals surface area contributed by atoms with Gasteiger partial charge in [-0.25, -0.2) is 4.98 Å². The maximum Gasteiger partial charge on any atom is 0.160 e. The van der Waals surface area contributed by atoms with Gasteiger partial charge >= 0.3 is 0 Å². The van der Waals surface area contributed by atoms with Crippen LogP contribution in [0, 0.1) is 0 Å². The summed E-state index contributed by atoms with van der Waals surface area (Å²) >= 11 is 5.93. The van der Waals surface area contributed by atoms with Crippen molar-refractivity contribution >= 4 is 23.2 Å². The first-order valence-corrected chi connectivity index (χ1v) is 6.13. The fraction of sp³-hybridized carbons (Fsp3) is 0.500. The van der Waals surface area contributed by atoms with Gasteiger partial charge in [-0.2, -0.15) is 0 Å². The molecule has 1 aromatic rings. The second-order valence-electron chi connectivity index (χ2n) is 4.42. The summed E-state index contributed by atoms with van der Waals surface area (Å²) in [6.45, 7) is 3.26. The first-order chi connectivity index (χ1) is 8.06. The van der Waals surface area contributed by atoms with Gasteiger partial charge in [0.25, 0.3) is 0 Å². The van der Waals surface area contributed by atoms with Crippen molar-refractivity contribution in [2.75, 3.05) is 18.0 Å². The molecule has 0 saturated carbocycles. The minimum absolute atomic E-state index is 0.00395. The summed E-state index contributed by atoms with van der Waals surface area (Å²) in [5, 5.41) is 0.363. The zero-order chi connectivity index (χ0) is 12.4. The molecule has 1 aromatic heterocycles. The van der Waals surface area contributed by atoms with E-state index in [1.807, 2.05) is 0 Å². The van der Waals surface area contributed by atoms with Gasteiger partial charge in [0, 0.05) is 24.7 Å². The normalized spacial score (nSPS) is 17.2. The quantitative estimate of drug-likeness (QED) is 0.646. The highest BCUT2D eigenvalue weighted by molar-refractivity contribution is 6.29. The number of carbonyl (C=O) groups is 1. The minimum atomic E-state index is 0.00395. The predicted molar refractivity (Wildman–Crippen MR) is 68.7 cm³/mol. The van der Waals surface area contributed by atoms with Crippen LogP contribution >= 0.6 is 11.6 Å². The Kier molecular flexibility index (Phi) is 3.64. The summed E-state index contributed by atoms with van der Waals surface area (Å²) < 4.78 is 0. The Morgan fingerprint density at radius 1 is 1.47 bits per heavy atom. The van der Waals surface area contributed by atoms with Crippen LogP contribution in [0.25, 0.3) is 0 Å². The van der Waals surface area contributed by atoms with E-state index in [-0.39, 0.29) is 11.8 Å². The number of nitrogens with two attached hydrogens (primary N) is 1. The van der Waals surface area contributed by atoms with Gasteiger partial charge in [-0.15, -0.1) is 0 Å². The fourth-order valence-electron chi connectivity index (χ4n) is 1.98. The van der Waals surface area contributed by atoms with Crippen molar-refractivity contribution in [2.45, 2.75) is 25.8 Å². The van der Waals surface area contributed by atoms with Crippen molar-refractivity contribution in [2.24, 2.45) is 5.73 Å². The summed E-state index contributed by atoms with van der Waals surface area (Å²) in [5.41, 5.74) is 6.46. The predicted octanol–water partition coefficient (Wildman–Crippen LogP) is 1.87. The van der Waals surface area contributed by atoms with Gasteiger partial charge in [-0.1, -0.05) is 11.6 Å². The summed E-state index contributed by atoms with van der Waals surface area (Å²) in [6.07, 6.45) is 1.90. The van der Waals surface area contributed by atoms with E-state index in [4.69, 9.17) is 17.3 Å². The minimum Gasteiger partial charge on any atom is -0.356 e. The highest BCUT2D eigenvalue weighted by atomic mass is 35.5. The molecule has 1 fully saturated rings. The zero-order valence-electron chi connectivity index (χ0n) is 9.82. The lowest BCUT2D eigenvalue weighted by Gasteiger charge is -2.31. The van der Waals surface area contributed by atoms with Crippen molar-refractivity contribution in [3.63, 3.8) is 0 Å². The van der Waals surface area contributed by atoms with Crippen LogP contribution in [0.15, 0.2) is 12.1 Å². The standard InChI is InChI=1S/C12H16ClN3O/c1-8(17)9-6-11(13)15-12(7-9)16-4-2-10(14)3-5-16/h6-7,10H,2-5,14H2,1H3. The lowest BCUT2D eigenvalue weighted by molar-refractivity contribution is 0.101. The van der Waals surface area contributed by atoms with Crippen LogP contribution in [0.1, 0.15) is 30.1 Å². The Bertz CT molecular complexity index is 428. The van der Waals surface area contributed by atoms with Crippen molar-refractivity contribution in [1.29, 1.82) is 0 Å². The molecule has 0 aliphatic carbocycles. The van der Waals surface area contributed by atoms with Gasteiger partial charge in [0.2, 0.25) is 0 Å². The number of rotatable bonds is 2. The van der Waals surface area contributed by atoms with Crippen LogP contribution in [0.3, 0.4) is 0 Å². The van der Waals surface area contributed by atoms with Gasteiger partial charge in [0.15, 0.2) is 5.78 Å². The van der Waals surface area contributed by atoms with E-state index in [1.54, 1.807) is 12.1 Å². The summed E-state index contributed by atoms with van der Waals surface area (Å²) in [4.78, 5) is 17.7. The van der Waals surface area contributed by atoms with Gasteiger partial charge < -0.3 is 10.6 Å². The first-order valence-electron chi connectivity index (χ1n) is 5.75. The van der Waals surface area contributed by atoms with Crippen LogP contribution in [0.4, 0.5) is 5.82 Å². The van der Waals surface area contributed by atoms with E-state index in [1.165, 1.54) is 6.92 Å². The lowest BCUT2D eigenvalue weighted by Crippen LogP contribution is -2.40. The Morgan fingerprint density at radius 3 is 2.71 bits per heavy atom. The number of Topliss-reactive ketones (excluding diaryl/α,β-unsaturated/α-hetero) is 1. The molecular weight excluding hydrogens is 238 g/mol. The van der Waals surface area contributed by atoms with E-state index in [0.717, 1.165) is 31.7 Å². The summed E-state index contributed by atoms with van der Waals surface area (Å²) in [7, 11) is 0. The summed E-state index contributed by atoms with van der Waals surface area (Å²) in [6, 6.07) is 3.67. The molecule has 0 spiro atoms. The van der Waals surface area contributed by atoms with E-state index in [0.29, 0.717) is 10.7 Å². The van der Waals surface area contributed by atoms with Crippen LogP contribution in [0.5, 0.6) is 0 Å². The summed E-state index contributed by atoms with van der Waals surface area (Å²) in [5.74, 6) is 0.777. The number of hydrogen-bond acceptors (Lipinski definition) is 4. The molecule has 5 heteroatoms. The van der Waals surface area contributed by atoms with Gasteiger partial charge in [-0.3, -0.25) is 4.79 Å². The number of carbonyl (C=O) groups excluding carboxylic acids is 1. The molecule has 0 amide bonds. The molecular formula is C12H16ClN3O. The number of anilines is 1. The monoisotopic (exact) mass is 253 g/mol. The molecule has 0 radical (unpaired) electrons. The molecule has 2 N–H and O–H groups in total. The van der Waals surface area contributed by atoms with E-state index in [2.05, 4.69) is 9.88 Å². The van der Waals surface area contributed by atoms with Gasteiger partial charge in [0.1, 0.15) is 11.0 Å². The van der Waals surface area contributed by atoms with Crippen LogP contribution in [0.2, 0.25) is 5.15 Å². The molecule has 92 valence electrons.